The summed E-state index contributed by atoms with van der Waals surface area (Å²) in [5.41, 5.74) is 4.62. The molecule has 0 aliphatic heterocycles. The minimum Gasteiger partial charge on any atom is -0.325 e. The molecule has 0 spiro atoms. The second-order valence-electron chi connectivity index (χ2n) is 6.25. The Balaban J connectivity index is 2.16. The number of carbonyl (C=O) groups excluding carboxylic acids is 1. The summed E-state index contributed by atoms with van der Waals surface area (Å²) in [4.78, 5) is 12.4. The van der Waals surface area contributed by atoms with Crippen LogP contribution in [0.2, 0.25) is 0 Å². The third-order valence-electron chi connectivity index (χ3n) is 4.28. The first-order chi connectivity index (χ1) is 11.7. The SMILES string of the molecule is Cc1ccccc1CN(CC(=O)Nc1cccc(C)c1C)S(C)(=O)=O. The Morgan fingerprint density at radius 2 is 1.64 bits per heavy atom. The quantitative estimate of drug-likeness (QED) is 0.861. The fourth-order valence-electron chi connectivity index (χ4n) is 2.50. The number of anilines is 1. The lowest BCUT2D eigenvalue weighted by Crippen LogP contribution is -2.37. The maximum absolute atomic E-state index is 12.4. The molecule has 0 fully saturated rings. The van der Waals surface area contributed by atoms with Gasteiger partial charge in [-0.05, 0) is 49.1 Å². The van der Waals surface area contributed by atoms with Gasteiger partial charge in [0.2, 0.25) is 15.9 Å². The molecule has 2 rings (SSSR count). The normalized spacial score (nSPS) is 11.6. The van der Waals surface area contributed by atoms with Gasteiger partial charge in [-0.25, -0.2) is 8.42 Å². The van der Waals surface area contributed by atoms with Crippen molar-refractivity contribution in [2.45, 2.75) is 27.3 Å². The van der Waals surface area contributed by atoms with Gasteiger partial charge < -0.3 is 5.32 Å². The van der Waals surface area contributed by atoms with Crippen molar-refractivity contribution < 1.29 is 13.2 Å². The number of sulfonamides is 1. The molecular formula is C19H24N2O3S. The molecule has 0 atom stereocenters. The van der Waals surface area contributed by atoms with Crippen molar-refractivity contribution >= 4 is 21.6 Å². The van der Waals surface area contributed by atoms with Crippen LogP contribution in [0.4, 0.5) is 5.69 Å². The molecule has 25 heavy (non-hydrogen) atoms. The fourth-order valence-corrected chi connectivity index (χ4v) is 3.23. The van der Waals surface area contributed by atoms with Gasteiger partial charge in [0, 0.05) is 12.2 Å². The van der Waals surface area contributed by atoms with Crippen LogP contribution < -0.4 is 5.32 Å². The van der Waals surface area contributed by atoms with E-state index in [0.29, 0.717) is 5.69 Å². The molecule has 0 heterocycles. The smallest absolute Gasteiger partial charge is 0.239 e. The number of hydrogen-bond donors (Lipinski definition) is 1. The van der Waals surface area contributed by atoms with Crippen molar-refractivity contribution in [3.8, 4) is 0 Å². The molecule has 1 N–H and O–H groups in total. The predicted octanol–water partition coefficient (Wildman–Crippen LogP) is 3.01. The highest BCUT2D eigenvalue weighted by Gasteiger charge is 2.21. The fraction of sp³-hybridized carbons (Fsp3) is 0.316. The lowest BCUT2D eigenvalue weighted by atomic mass is 10.1. The summed E-state index contributed by atoms with van der Waals surface area (Å²) < 4.78 is 25.4. The van der Waals surface area contributed by atoms with E-state index in [9.17, 15) is 13.2 Å². The lowest BCUT2D eigenvalue weighted by Gasteiger charge is -2.21. The molecule has 134 valence electrons. The van der Waals surface area contributed by atoms with E-state index in [1.54, 1.807) is 0 Å². The summed E-state index contributed by atoms with van der Waals surface area (Å²) in [5.74, 6) is -0.354. The summed E-state index contributed by atoms with van der Waals surface area (Å²) in [6, 6.07) is 13.2. The molecule has 0 saturated heterocycles. The zero-order valence-corrected chi connectivity index (χ0v) is 15.9. The standard InChI is InChI=1S/C19H24N2O3S/c1-14-9-7-11-18(16(14)3)20-19(22)13-21(25(4,23)24)12-17-10-6-5-8-15(17)2/h5-11H,12-13H2,1-4H3,(H,20,22). The molecule has 6 heteroatoms. The van der Waals surface area contributed by atoms with Crippen molar-refractivity contribution in [2.24, 2.45) is 0 Å². The third-order valence-corrected chi connectivity index (χ3v) is 5.47. The summed E-state index contributed by atoms with van der Waals surface area (Å²) in [6.45, 7) is 5.76. The summed E-state index contributed by atoms with van der Waals surface area (Å²) >= 11 is 0. The number of carbonyl (C=O) groups is 1. The number of rotatable bonds is 6. The van der Waals surface area contributed by atoms with Crippen LogP contribution in [0.3, 0.4) is 0 Å². The average Bonchev–Trinajstić information content (AvgIpc) is 2.52. The molecule has 0 aromatic heterocycles. The Morgan fingerprint density at radius 1 is 1.00 bits per heavy atom. The van der Waals surface area contributed by atoms with Gasteiger partial charge in [0.05, 0.1) is 12.8 Å². The Morgan fingerprint density at radius 3 is 2.28 bits per heavy atom. The molecule has 0 saturated carbocycles. The van der Waals surface area contributed by atoms with Gasteiger partial charge in [0.15, 0.2) is 0 Å². The molecule has 0 aliphatic carbocycles. The highest BCUT2D eigenvalue weighted by atomic mass is 32.2. The van der Waals surface area contributed by atoms with Crippen LogP contribution >= 0.6 is 0 Å². The number of nitrogens with zero attached hydrogens (tertiary/aromatic N) is 1. The predicted molar refractivity (Wildman–Crippen MR) is 101 cm³/mol. The van der Waals surface area contributed by atoms with Crippen LogP contribution in [0.5, 0.6) is 0 Å². The number of aryl methyl sites for hydroxylation is 2. The molecule has 0 radical (unpaired) electrons. The van der Waals surface area contributed by atoms with Crippen LogP contribution in [0.15, 0.2) is 42.5 Å². The second kappa shape index (κ2) is 7.80. The zero-order chi connectivity index (χ0) is 18.6. The summed E-state index contributed by atoms with van der Waals surface area (Å²) in [6.07, 6.45) is 1.12. The third kappa shape index (κ3) is 5.14. The van der Waals surface area contributed by atoms with E-state index in [2.05, 4.69) is 5.32 Å². The lowest BCUT2D eigenvalue weighted by molar-refractivity contribution is -0.116. The van der Waals surface area contributed by atoms with Crippen molar-refractivity contribution in [3.05, 3.63) is 64.7 Å². The first-order valence-corrected chi connectivity index (χ1v) is 9.89. The van der Waals surface area contributed by atoms with E-state index >= 15 is 0 Å². The van der Waals surface area contributed by atoms with Crippen molar-refractivity contribution in [2.75, 3.05) is 18.1 Å². The Bertz CT molecular complexity index is 876. The van der Waals surface area contributed by atoms with Crippen LogP contribution in [-0.4, -0.2) is 31.4 Å². The van der Waals surface area contributed by atoms with E-state index in [1.165, 1.54) is 4.31 Å². The minimum atomic E-state index is -3.51. The number of benzene rings is 2. The molecule has 0 bridgehead atoms. The Labute approximate surface area is 149 Å². The van der Waals surface area contributed by atoms with Crippen LogP contribution in [0.1, 0.15) is 22.3 Å². The first kappa shape index (κ1) is 19.1. The van der Waals surface area contributed by atoms with Gasteiger partial charge in [0.25, 0.3) is 0 Å². The topological polar surface area (TPSA) is 66.5 Å². The van der Waals surface area contributed by atoms with Crippen LogP contribution in [0.25, 0.3) is 0 Å². The summed E-state index contributed by atoms with van der Waals surface area (Å²) in [5, 5.41) is 2.81. The number of amides is 1. The molecular weight excluding hydrogens is 336 g/mol. The minimum absolute atomic E-state index is 0.172. The number of hydrogen-bond acceptors (Lipinski definition) is 3. The van der Waals surface area contributed by atoms with E-state index < -0.39 is 10.0 Å². The Kier molecular flexibility index (Phi) is 5.98. The molecule has 0 unspecified atom stereocenters. The van der Waals surface area contributed by atoms with E-state index in [1.807, 2.05) is 63.2 Å². The highest BCUT2D eigenvalue weighted by Crippen LogP contribution is 2.18. The van der Waals surface area contributed by atoms with Crippen molar-refractivity contribution in [1.82, 2.24) is 4.31 Å². The second-order valence-corrected chi connectivity index (χ2v) is 8.24. The summed E-state index contributed by atoms with van der Waals surface area (Å²) in [7, 11) is -3.51. The van der Waals surface area contributed by atoms with Crippen molar-refractivity contribution in [3.63, 3.8) is 0 Å². The van der Waals surface area contributed by atoms with Gasteiger partial charge in [-0.2, -0.15) is 4.31 Å². The van der Waals surface area contributed by atoms with Crippen LogP contribution in [0, 0.1) is 20.8 Å². The van der Waals surface area contributed by atoms with Crippen LogP contribution in [-0.2, 0) is 21.4 Å². The molecule has 2 aromatic carbocycles. The number of nitrogens with one attached hydrogen (secondary N) is 1. The molecule has 0 aliphatic rings. The highest BCUT2D eigenvalue weighted by molar-refractivity contribution is 7.88. The maximum Gasteiger partial charge on any atom is 0.239 e. The zero-order valence-electron chi connectivity index (χ0n) is 15.0. The first-order valence-electron chi connectivity index (χ1n) is 8.04. The molecule has 5 nitrogen and oxygen atoms in total. The maximum atomic E-state index is 12.4. The van der Waals surface area contributed by atoms with Gasteiger partial charge in [-0.3, -0.25) is 4.79 Å². The van der Waals surface area contributed by atoms with Gasteiger partial charge in [0.1, 0.15) is 0 Å². The monoisotopic (exact) mass is 360 g/mol. The molecule has 1 amide bonds. The molecule has 2 aromatic rings. The van der Waals surface area contributed by atoms with E-state index in [4.69, 9.17) is 0 Å². The van der Waals surface area contributed by atoms with E-state index in [-0.39, 0.29) is 19.0 Å². The average molecular weight is 360 g/mol. The van der Waals surface area contributed by atoms with Crippen molar-refractivity contribution in [1.29, 1.82) is 0 Å². The van der Waals surface area contributed by atoms with Gasteiger partial charge in [-0.1, -0.05) is 36.4 Å². The van der Waals surface area contributed by atoms with E-state index in [0.717, 1.165) is 28.5 Å². The van der Waals surface area contributed by atoms with Gasteiger partial charge >= 0.3 is 0 Å². The Hall–Kier alpha value is -2.18. The van der Waals surface area contributed by atoms with Gasteiger partial charge in [-0.15, -0.1) is 0 Å². The largest absolute Gasteiger partial charge is 0.325 e.